The molecule has 2 bridgehead atoms. The summed E-state index contributed by atoms with van der Waals surface area (Å²) in [6, 6.07) is 12.8. The van der Waals surface area contributed by atoms with E-state index >= 15 is 0 Å². The summed E-state index contributed by atoms with van der Waals surface area (Å²) >= 11 is 6.38. The van der Waals surface area contributed by atoms with E-state index < -0.39 is 67.9 Å². The number of hydroxylamine groups is 2. The zero-order valence-electron chi connectivity index (χ0n) is 24.3. The Bertz CT molecular complexity index is 1840. The molecule has 2 fully saturated rings. The van der Waals surface area contributed by atoms with Crippen molar-refractivity contribution in [2.24, 2.45) is 11.8 Å². The smallest absolute Gasteiger partial charge is 0.338 e. The predicted molar refractivity (Wildman–Crippen MR) is 159 cm³/mol. The fourth-order valence-electron chi connectivity index (χ4n) is 7.09. The van der Waals surface area contributed by atoms with E-state index in [9.17, 15) is 36.3 Å². The summed E-state index contributed by atoms with van der Waals surface area (Å²) in [6.07, 6.45) is 2.06. The molecule has 1 heterocycles. The number of carbonyl (C=O) groups is 2. The molecule has 3 aromatic rings. The number of sulfone groups is 1. The fourth-order valence-corrected chi connectivity index (χ4v) is 10.00. The van der Waals surface area contributed by atoms with Crippen LogP contribution in [0.2, 0.25) is 5.02 Å². The summed E-state index contributed by atoms with van der Waals surface area (Å²) in [5, 5.41) is 14.7. The van der Waals surface area contributed by atoms with Crippen LogP contribution >= 0.6 is 11.6 Å². The molecule has 0 aromatic heterocycles. The van der Waals surface area contributed by atoms with E-state index in [1.54, 1.807) is 0 Å². The van der Waals surface area contributed by atoms with Gasteiger partial charge >= 0.3 is 5.97 Å². The first-order valence-corrected chi connectivity index (χ1v) is 16.2. The second kappa shape index (κ2) is 12.0. The van der Waals surface area contributed by atoms with Crippen molar-refractivity contribution in [2.45, 2.75) is 47.6 Å². The number of benzene rings is 3. The summed E-state index contributed by atoms with van der Waals surface area (Å²) in [5.74, 6) is -7.74. The van der Waals surface area contributed by atoms with Crippen LogP contribution in [0.25, 0.3) is 0 Å². The molecule has 5 atom stereocenters. The van der Waals surface area contributed by atoms with Crippen molar-refractivity contribution in [2.75, 3.05) is 12.4 Å². The largest absolute Gasteiger partial charge is 0.466 e. The van der Waals surface area contributed by atoms with Gasteiger partial charge in [0, 0.05) is 29.3 Å². The SMILES string of the molecule is COC(=O)C1=CON(Cc2ccccc2)C1[C@@]1(O)CC2CCC1[C@@H]2S(=O)(=O)c1cc(C(=O)Nc2cc(F)c(F)c(F)c2)ccc1Cl. The van der Waals surface area contributed by atoms with Crippen LogP contribution in [-0.4, -0.2) is 54.5 Å². The van der Waals surface area contributed by atoms with E-state index in [0.29, 0.717) is 25.0 Å². The van der Waals surface area contributed by atoms with Gasteiger partial charge in [0.1, 0.15) is 12.3 Å². The highest BCUT2D eigenvalue weighted by molar-refractivity contribution is 7.92. The zero-order chi connectivity index (χ0) is 33.0. The van der Waals surface area contributed by atoms with Crippen LogP contribution in [-0.2, 0) is 30.8 Å². The predicted octanol–water partition coefficient (Wildman–Crippen LogP) is 5.19. The number of nitrogens with one attached hydrogen (secondary N) is 1. The maximum atomic E-state index is 14.3. The van der Waals surface area contributed by atoms with Gasteiger partial charge in [-0.25, -0.2) is 26.4 Å². The van der Waals surface area contributed by atoms with Crippen molar-refractivity contribution in [3.8, 4) is 0 Å². The quantitative estimate of drug-likeness (QED) is 0.247. The van der Waals surface area contributed by atoms with Crippen molar-refractivity contribution in [1.29, 1.82) is 0 Å². The summed E-state index contributed by atoms with van der Waals surface area (Å²) in [7, 11) is -3.11. The van der Waals surface area contributed by atoms with Gasteiger partial charge in [-0.1, -0.05) is 41.9 Å². The normalized spacial score (nSPS) is 25.7. The van der Waals surface area contributed by atoms with Gasteiger partial charge < -0.3 is 20.0 Å². The first-order chi connectivity index (χ1) is 21.8. The number of anilines is 1. The Hall–Kier alpha value is -3.91. The minimum atomic E-state index is -4.31. The first kappa shape index (κ1) is 32.0. The number of hydrogen-bond acceptors (Lipinski definition) is 8. The van der Waals surface area contributed by atoms with Crippen LogP contribution in [0.5, 0.6) is 0 Å². The Morgan fingerprint density at radius 3 is 2.46 bits per heavy atom. The second-order valence-corrected chi connectivity index (χ2v) is 14.1. The van der Waals surface area contributed by atoms with Gasteiger partial charge in [-0.2, -0.15) is 0 Å². The number of esters is 1. The fraction of sp³-hybridized carbons (Fsp3) is 0.312. The topological polar surface area (TPSA) is 122 Å². The van der Waals surface area contributed by atoms with Crippen molar-refractivity contribution >= 4 is 39.0 Å². The molecule has 3 aliphatic rings. The third-order valence-corrected chi connectivity index (χ3v) is 11.8. The van der Waals surface area contributed by atoms with Crippen molar-refractivity contribution in [1.82, 2.24) is 5.06 Å². The van der Waals surface area contributed by atoms with Crippen LogP contribution in [0.3, 0.4) is 0 Å². The number of methoxy groups -OCH3 is 1. The standard InChI is InChI=1S/C32H28ClF3N2O7S/c1-44-31(40)21-16-45-38(15-17-5-3-2-4-6-17)29(21)32(41)14-19-7-9-22(32)28(19)46(42,43)26-11-18(8-10-23(26)33)30(39)37-20-12-24(34)27(36)25(35)13-20/h2-6,8,10-13,16,19,22,28-29,41H,7,9,14-15H2,1H3,(H,37,39)/t19?,22?,28-,29?,32-/m1/s1. The molecule has 3 unspecified atom stereocenters. The molecule has 9 nitrogen and oxygen atoms in total. The molecule has 46 heavy (non-hydrogen) atoms. The van der Waals surface area contributed by atoms with Gasteiger partial charge in [-0.3, -0.25) is 4.79 Å². The first-order valence-electron chi connectivity index (χ1n) is 14.3. The van der Waals surface area contributed by atoms with E-state index in [1.165, 1.54) is 30.6 Å². The number of carbonyl (C=O) groups excluding carboxylic acids is 2. The lowest BCUT2D eigenvalue weighted by Crippen LogP contribution is -2.56. The summed E-state index contributed by atoms with van der Waals surface area (Å²) in [4.78, 5) is 31.2. The molecule has 2 saturated carbocycles. The Balaban J connectivity index is 1.31. The van der Waals surface area contributed by atoms with Crippen LogP contribution < -0.4 is 5.32 Å². The monoisotopic (exact) mass is 676 g/mol. The van der Waals surface area contributed by atoms with Gasteiger partial charge in [0.25, 0.3) is 5.91 Å². The number of fused-ring (bicyclic) bond motifs is 2. The third-order valence-electron chi connectivity index (χ3n) is 9.01. The maximum absolute atomic E-state index is 14.3. The highest BCUT2D eigenvalue weighted by atomic mass is 35.5. The minimum Gasteiger partial charge on any atom is -0.466 e. The number of hydrogen-bond donors (Lipinski definition) is 2. The third kappa shape index (κ3) is 5.44. The Kier molecular flexibility index (Phi) is 8.38. The molecular weight excluding hydrogens is 649 g/mol. The van der Waals surface area contributed by atoms with Crippen molar-refractivity contribution < 1.29 is 45.9 Å². The summed E-state index contributed by atoms with van der Waals surface area (Å²) in [5.41, 5.74) is -1.41. The van der Waals surface area contributed by atoms with E-state index in [0.717, 1.165) is 11.6 Å². The van der Waals surface area contributed by atoms with Crippen LogP contribution in [0.4, 0.5) is 18.9 Å². The maximum Gasteiger partial charge on any atom is 0.338 e. The lowest BCUT2D eigenvalue weighted by atomic mass is 9.76. The molecule has 0 saturated heterocycles. The second-order valence-electron chi connectivity index (χ2n) is 11.6. The molecule has 2 N–H and O–H groups in total. The summed E-state index contributed by atoms with van der Waals surface area (Å²) in [6.45, 7) is 0.185. The molecule has 0 spiro atoms. The van der Waals surface area contributed by atoms with Crippen molar-refractivity contribution in [3.63, 3.8) is 0 Å². The lowest BCUT2D eigenvalue weighted by molar-refractivity contribution is -0.180. The van der Waals surface area contributed by atoms with Gasteiger partial charge in [0.15, 0.2) is 27.3 Å². The number of amides is 1. The van der Waals surface area contributed by atoms with E-state index in [4.69, 9.17) is 21.2 Å². The molecular formula is C32H28ClF3N2O7S. The molecule has 3 aromatic carbocycles. The number of ether oxygens (including phenoxy) is 1. The van der Waals surface area contributed by atoms with E-state index in [1.807, 2.05) is 30.3 Å². The number of rotatable bonds is 8. The molecule has 1 aliphatic heterocycles. The average molecular weight is 677 g/mol. The number of aliphatic hydroxyl groups is 1. The van der Waals surface area contributed by atoms with E-state index in [2.05, 4.69) is 5.32 Å². The van der Waals surface area contributed by atoms with Gasteiger partial charge in [0.2, 0.25) is 0 Å². The summed E-state index contributed by atoms with van der Waals surface area (Å²) < 4.78 is 74.3. The van der Waals surface area contributed by atoms with Gasteiger partial charge in [0.05, 0.1) is 40.0 Å². The highest BCUT2D eigenvalue weighted by Gasteiger charge is 2.66. The Morgan fingerprint density at radius 2 is 1.78 bits per heavy atom. The molecule has 1 amide bonds. The van der Waals surface area contributed by atoms with E-state index in [-0.39, 0.29) is 39.7 Å². The molecule has 6 rings (SSSR count). The number of halogens is 4. The van der Waals surface area contributed by atoms with Crippen LogP contribution in [0, 0.1) is 29.3 Å². The lowest BCUT2D eigenvalue weighted by Gasteiger charge is -2.41. The van der Waals surface area contributed by atoms with Gasteiger partial charge in [-0.15, -0.1) is 5.06 Å². The minimum absolute atomic E-state index is 0.0364. The number of nitrogens with zero attached hydrogens (tertiary/aromatic N) is 1. The Labute approximate surface area is 267 Å². The molecule has 14 heteroatoms. The van der Waals surface area contributed by atoms with Crippen molar-refractivity contribution in [3.05, 3.63) is 106 Å². The average Bonchev–Trinajstić information content (AvgIpc) is 3.72. The molecule has 242 valence electrons. The van der Waals surface area contributed by atoms with Crippen LogP contribution in [0.15, 0.2) is 77.4 Å². The Morgan fingerprint density at radius 1 is 1.09 bits per heavy atom. The molecule has 2 aliphatic carbocycles. The highest BCUT2D eigenvalue weighted by Crippen LogP contribution is 2.58. The molecule has 0 radical (unpaired) electrons. The van der Waals surface area contributed by atoms with Gasteiger partial charge in [-0.05, 0) is 48.9 Å². The zero-order valence-corrected chi connectivity index (χ0v) is 25.8. The van der Waals surface area contributed by atoms with Crippen LogP contribution in [0.1, 0.15) is 35.2 Å².